The zero-order valence-electron chi connectivity index (χ0n) is 16.2. The van der Waals surface area contributed by atoms with Gasteiger partial charge in [0.25, 0.3) is 5.56 Å². The first kappa shape index (κ1) is 21.7. The van der Waals surface area contributed by atoms with Gasteiger partial charge in [-0.1, -0.05) is 0 Å². The van der Waals surface area contributed by atoms with Crippen molar-refractivity contribution in [1.82, 2.24) is 19.9 Å². The smallest absolute Gasteiger partial charge is 0.329 e. The van der Waals surface area contributed by atoms with Gasteiger partial charge in [0, 0.05) is 24.8 Å². The van der Waals surface area contributed by atoms with Crippen LogP contribution in [0.5, 0.6) is 0 Å². The highest BCUT2D eigenvalue weighted by Crippen LogP contribution is 2.47. The Morgan fingerprint density at radius 2 is 1.91 bits per heavy atom. The molecule has 1 atom stereocenters. The molecule has 168 valence electrons. The lowest BCUT2D eigenvalue weighted by molar-refractivity contribution is -0.144. The predicted octanol–water partition coefficient (Wildman–Crippen LogP) is 2.40. The highest BCUT2D eigenvalue weighted by Gasteiger charge is 2.51. The van der Waals surface area contributed by atoms with Crippen molar-refractivity contribution in [3.05, 3.63) is 74.4 Å². The minimum atomic E-state index is -3.08. The fourth-order valence-corrected chi connectivity index (χ4v) is 3.77. The number of carbonyl (C=O) groups excluding carboxylic acids is 1. The molecule has 1 fully saturated rings. The molecule has 0 radical (unpaired) electrons. The van der Waals surface area contributed by atoms with Crippen molar-refractivity contribution >= 4 is 16.8 Å². The highest BCUT2D eigenvalue weighted by atomic mass is 19.3. The Morgan fingerprint density at radius 3 is 2.56 bits per heavy atom. The zero-order chi connectivity index (χ0) is 23.2. The first-order valence-corrected chi connectivity index (χ1v) is 9.45. The minimum absolute atomic E-state index is 0.00771. The van der Waals surface area contributed by atoms with Crippen LogP contribution in [0.25, 0.3) is 10.9 Å². The molecule has 0 bridgehead atoms. The fraction of sp³-hybridized carbons (Fsp3) is 0.300. The van der Waals surface area contributed by atoms with E-state index in [0.29, 0.717) is 10.6 Å². The van der Waals surface area contributed by atoms with E-state index < -0.39 is 71.9 Å². The molecule has 2 heterocycles. The number of fused-ring (bicyclic) bond motifs is 1. The second-order valence-electron chi connectivity index (χ2n) is 7.56. The monoisotopic (exact) mass is 454 g/mol. The lowest BCUT2D eigenvalue weighted by atomic mass is 9.76. The lowest BCUT2D eigenvalue weighted by Crippen LogP contribution is -2.52. The predicted molar refractivity (Wildman–Crippen MR) is 101 cm³/mol. The zero-order valence-corrected chi connectivity index (χ0v) is 16.2. The normalized spacial score (nSPS) is 16.5. The number of nitrogens with one attached hydrogen (secondary N) is 2. The van der Waals surface area contributed by atoms with E-state index in [9.17, 15) is 36.3 Å². The third-order valence-corrected chi connectivity index (χ3v) is 5.32. The van der Waals surface area contributed by atoms with Gasteiger partial charge in [-0.3, -0.25) is 14.6 Å². The number of amides is 1. The number of aromatic nitrogens is 3. The van der Waals surface area contributed by atoms with Crippen LogP contribution in [0.2, 0.25) is 0 Å². The first-order chi connectivity index (χ1) is 15.1. The quantitative estimate of drug-likeness (QED) is 0.579. The molecule has 2 aromatic heterocycles. The summed E-state index contributed by atoms with van der Waals surface area (Å²) >= 11 is 0. The Hall–Kier alpha value is -3.57. The summed E-state index contributed by atoms with van der Waals surface area (Å²) in [5.41, 5.74) is -2.41. The lowest BCUT2D eigenvalue weighted by Gasteiger charge is -2.39. The van der Waals surface area contributed by atoms with Crippen LogP contribution in [-0.2, 0) is 11.3 Å². The van der Waals surface area contributed by atoms with Gasteiger partial charge in [0.05, 0.1) is 29.3 Å². The molecule has 4 rings (SSSR count). The maximum atomic E-state index is 13.8. The minimum Gasteiger partial charge on any atom is -0.349 e. The summed E-state index contributed by atoms with van der Waals surface area (Å²) in [6.07, 6.45) is -0.801. The van der Waals surface area contributed by atoms with Crippen LogP contribution in [0.1, 0.15) is 24.6 Å². The molecule has 0 aliphatic heterocycles. The maximum absolute atomic E-state index is 13.8. The molecule has 1 amide bonds. The van der Waals surface area contributed by atoms with Gasteiger partial charge in [0.2, 0.25) is 11.8 Å². The van der Waals surface area contributed by atoms with Crippen molar-refractivity contribution in [2.45, 2.75) is 31.4 Å². The number of hydrogen-bond acceptors (Lipinski definition) is 4. The largest absolute Gasteiger partial charge is 0.349 e. The van der Waals surface area contributed by atoms with E-state index >= 15 is 0 Å². The number of aromatic amines is 1. The fourth-order valence-electron chi connectivity index (χ4n) is 3.77. The molecule has 12 heteroatoms. The van der Waals surface area contributed by atoms with Crippen molar-refractivity contribution in [2.24, 2.45) is 5.92 Å². The van der Waals surface area contributed by atoms with Crippen molar-refractivity contribution in [3.8, 4) is 0 Å². The molecule has 1 aromatic carbocycles. The Balaban J connectivity index is 1.72. The van der Waals surface area contributed by atoms with Crippen LogP contribution in [0, 0.1) is 23.4 Å². The van der Waals surface area contributed by atoms with Gasteiger partial charge in [-0.25, -0.2) is 31.3 Å². The van der Waals surface area contributed by atoms with Crippen molar-refractivity contribution < 1.29 is 26.7 Å². The van der Waals surface area contributed by atoms with Crippen molar-refractivity contribution in [3.63, 3.8) is 0 Å². The van der Waals surface area contributed by atoms with Crippen LogP contribution < -0.4 is 16.6 Å². The Labute approximate surface area is 175 Å². The standard InChI is InChI=1S/C20H15F5N4O3/c21-10-1-2-14-12(3-10)18(31)29(19(32)28-14)16(9-5-20(24,25)6-9)17(30)27-8-15-13(23)4-11(22)7-26-15/h1-4,7,9,16H,5-6,8H2,(H,27,30)(H,28,32). The number of benzene rings is 1. The van der Waals surface area contributed by atoms with E-state index in [0.717, 1.165) is 24.4 Å². The number of hydrogen-bond donors (Lipinski definition) is 2. The summed E-state index contributed by atoms with van der Waals surface area (Å²) in [7, 11) is 0. The average molecular weight is 454 g/mol. The number of H-pyrrole nitrogens is 1. The highest BCUT2D eigenvalue weighted by molar-refractivity contribution is 5.82. The molecule has 32 heavy (non-hydrogen) atoms. The molecular formula is C20H15F5N4O3. The van der Waals surface area contributed by atoms with E-state index in [1.54, 1.807) is 0 Å². The van der Waals surface area contributed by atoms with E-state index in [1.165, 1.54) is 0 Å². The molecule has 2 N–H and O–H groups in total. The van der Waals surface area contributed by atoms with Crippen molar-refractivity contribution in [2.75, 3.05) is 0 Å². The summed E-state index contributed by atoms with van der Waals surface area (Å²) in [4.78, 5) is 44.2. The van der Waals surface area contributed by atoms with Crippen molar-refractivity contribution in [1.29, 1.82) is 0 Å². The average Bonchev–Trinajstić information content (AvgIpc) is 2.69. The van der Waals surface area contributed by atoms with Gasteiger partial charge in [0.15, 0.2) is 0 Å². The first-order valence-electron chi connectivity index (χ1n) is 9.45. The maximum Gasteiger partial charge on any atom is 0.329 e. The van der Waals surface area contributed by atoms with Crippen LogP contribution in [-0.4, -0.2) is 26.4 Å². The number of nitrogens with zero attached hydrogens (tertiary/aromatic N) is 2. The number of alkyl halides is 2. The van der Waals surface area contributed by atoms with Gasteiger partial charge in [-0.15, -0.1) is 0 Å². The molecule has 0 saturated heterocycles. The molecule has 1 aliphatic rings. The second kappa shape index (κ2) is 7.84. The summed E-state index contributed by atoms with van der Waals surface area (Å²) in [6.45, 7) is -0.542. The van der Waals surface area contributed by atoms with E-state index in [-0.39, 0.29) is 16.6 Å². The summed E-state index contributed by atoms with van der Waals surface area (Å²) in [5.74, 6) is -7.93. The van der Waals surface area contributed by atoms with Crippen LogP contribution >= 0.6 is 0 Å². The molecular weight excluding hydrogens is 439 g/mol. The molecule has 0 spiro atoms. The van der Waals surface area contributed by atoms with E-state index in [4.69, 9.17) is 0 Å². The molecule has 1 saturated carbocycles. The molecule has 1 unspecified atom stereocenters. The number of rotatable bonds is 5. The topological polar surface area (TPSA) is 96.8 Å². The number of halogens is 5. The van der Waals surface area contributed by atoms with Gasteiger partial charge in [-0.2, -0.15) is 0 Å². The Kier molecular flexibility index (Phi) is 5.31. The Morgan fingerprint density at radius 1 is 1.19 bits per heavy atom. The molecule has 3 aromatic rings. The SMILES string of the molecule is O=C(NCc1ncc(F)cc1F)C(C1CC(F)(F)C1)n1c(=O)[nH]c2ccc(F)cc2c1=O. The third-order valence-electron chi connectivity index (χ3n) is 5.32. The van der Waals surface area contributed by atoms with Gasteiger partial charge < -0.3 is 10.3 Å². The van der Waals surface area contributed by atoms with E-state index in [1.807, 2.05) is 0 Å². The molecule has 1 aliphatic carbocycles. The van der Waals surface area contributed by atoms with Gasteiger partial charge >= 0.3 is 5.69 Å². The van der Waals surface area contributed by atoms with E-state index in [2.05, 4.69) is 15.3 Å². The summed E-state index contributed by atoms with van der Waals surface area (Å²) in [6, 6.07) is 1.91. The van der Waals surface area contributed by atoms with Crippen LogP contribution in [0.3, 0.4) is 0 Å². The number of pyridine rings is 1. The van der Waals surface area contributed by atoms with Crippen LogP contribution in [0.15, 0.2) is 40.1 Å². The van der Waals surface area contributed by atoms with Gasteiger partial charge in [-0.05, 0) is 18.2 Å². The third kappa shape index (κ3) is 3.99. The molecule has 7 nitrogen and oxygen atoms in total. The summed E-state index contributed by atoms with van der Waals surface area (Å²) < 4.78 is 68.0. The Bertz CT molecular complexity index is 1330. The second-order valence-corrected chi connectivity index (χ2v) is 7.56. The number of carbonyl (C=O) groups is 1. The summed E-state index contributed by atoms with van der Waals surface area (Å²) in [5, 5.41) is 2.00. The van der Waals surface area contributed by atoms with Gasteiger partial charge in [0.1, 0.15) is 23.5 Å². The van der Waals surface area contributed by atoms with Crippen LogP contribution in [0.4, 0.5) is 22.0 Å².